The number of pyridine rings is 3. The van der Waals surface area contributed by atoms with E-state index in [1.54, 1.807) is 32.6 Å². The molecule has 0 fully saturated rings. The molecule has 66 heavy (non-hydrogen) atoms. The van der Waals surface area contributed by atoms with Crippen molar-refractivity contribution in [3.05, 3.63) is 210 Å². The summed E-state index contributed by atoms with van der Waals surface area (Å²) in [5.74, 6) is 0. The van der Waals surface area contributed by atoms with Crippen molar-refractivity contribution in [2.45, 2.75) is 41.5 Å². The van der Waals surface area contributed by atoms with Crippen LogP contribution in [0.4, 0.5) is 0 Å². The number of nitrogens with one attached hydrogen (secondary N) is 3. The SMILES string of the molecule is Cc1ccc(-n2[nH]c3c(cnc4ccc(C)cc43)c2=O)cc1.Cc1ccc2ncc3c(=O)n(-c4ccccc4C)[nH]c3c2c1.Cc1cccc(-n2[nH]c3c(cnc4ccc(C)cc43)c2=O)c1. The lowest BCUT2D eigenvalue weighted by molar-refractivity contribution is 0.857. The van der Waals surface area contributed by atoms with E-state index >= 15 is 0 Å². The summed E-state index contributed by atoms with van der Waals surface area (Å²) in [6, 6.07) is 41.7. The predicted molar refractivity (Wildman–Crippen MR) is 266 cm³/mol. The van der Waals surface area contributed by atoms with Crippen LogP contribution in [0.25, 0.3) is 82.5 Å². The number of aryl methyl sites for hydroxylation is 6. The highest BCUT2D eigenvalue weighted by Crippen LogP contribution is 2.25. The minimum atomic E-state index is -0.0743. The van der Waals surface area contributed by atoms with Gasteiger partial charge in [-0.2, -0.15) is 0 Å². The molecule has 0 spiro atoms. The van der Waals surface area contributed by atoms with Crippen LogP contribution in [0.2, 0.25) is 0 Å². The van der Waals surface area contributed by atoms with Gasteiger partial charge in [0.15, 0.2) is 0 Å². The number of benzene rings is 6. The lowest BCUT2D eigenvalue weighted by Gasteiger charge is -2.04. The number of aromatic amines is 3. The third-order valence-corrected chi connectivity index (χ3v) is 12.0. The lowest BCUT2D eigenvalue weighted by atomic mass is 10.1. The third kappa shape index (κ3) is 7.43. The lowest BCUT2D eigenvalue weighted by Crippen LogP contribution is -2.15. The van der Waals surface area contributed by atoms with E-state index in [2.05, 4.69) is 48.4 Å². The molecule has 0 aliphatic heterocycles. The van der Waals surface area contributed by atoms with Crippen molar-refractivity contribution in [3.63, 3.8) is 0 Å². The van der Waals surface area contributed by atoms with E-state index in [9.17, 15) is 14.4 Å². The molecular formula is C54H45N9O3. The second-order valence-electron chi connectivity index (χ2n) is 16.9. The van der Waals surface area contributed by atoms with Gasteiger partial charge in [-0.1, -0.05) is 82.9 Å². The van der Waals surface area contributed by atoms with Gasteiger partial charge < -0.3 is 0 Å². The van der Waals surface area contributed by atoms with E-state index in [0.29, 0.717) is 16.2 Å². The van der Waals surface area contributed by atoms with Gasteiger partial charge in [-0.3, -0.25) is 44.6 Å². The van der Waals surface area contributed by atoms with Crippen LogP contribution in [-0.2, 0) is 0 Å². The van der Waals surface area contributed by atoms with E-state index in [4.69, 9.17) is 0 Å². The van der Waals surface area contributed by atoms with Crippen LogP contribution >= 0.6 is 0 Å². The van der Waals surface area contributed by atoms with Gasteiger partial charge >= 0.3 is 0 Å². The fourth-order valence-corrected chi connectivity index (χ4v) is 8.42. The van der Waals surface area contributed by atoms with Gasteiger partial charge in [0.05, 0.1) is 66.3 Å². The average Bonchev–Trinajstić information content (AvgIpc) is 3.97. The zero-order chi connectivity index (χ0) is 45.8. The van der Waals surface area contributed by atoms with Gasteiger partial charge in [-0.15, -0.1) is 0 Å². The molecule has 12 nitrogen and oxygen atoms in total. The summed E-state index contributed by atoms with van der Waals surface area (Å²) >= 11 is 0. The van der Waals surface area contributed by atoms with E-state index in [-0.39, 0.29) is 16.7 Å². The van der Waals surface area contributed by atoms with Crippen LogP contribution in [0.5, 0.6) is 0 Å². The molecule has 12 rings (SSSR count). The average molecular weight is 868 g/mol. The normalized spacial score (nSPS) is 11.4. The van der Waals surface area contributed by atoms with Gasteiger partial charge in [0.25, 0.3) is 16.7 Å². The number of nitrogens with zero attached hydrogens (tertiary/aromatic N) is 6. The maximum atomic E-state index is 12.7. The molecule has 6 aromatic carbocycles. The van der Waals surface area contributed by atoms with E-state index in [0.717, 1.165) is 99.7 Å². The largest absolute Gasteiger partial charge is 0.290 e. The van der Waals surface area contributed by atoms with Crippen LogP contribution < -0.4 is 16.7 Å². The van der Waals surface area contributed by atoms with E-state index in [1.807, 2.05) is 151 Å². The molecule has 6 aromatic heterocycles. The number of fused-ring (bicyclic) bond motifs is 9. The number of hydrogen-bond acceptors (Lipinski definition) is 6. The molecule has 0 radical (unpaired) electrons. The van der Waals surface area contributed by atoms with Crippen LogP contribution in [0.15, 0.2) is 160 Å². The fraction of sp³-hybridized carbons (Fsp3) is 0.111. The highest BCUT2D eigenvalue weighted by Gasteiger charge is 2.15. The monoisotopic (exact) mass is 867 g/mol. The Labute approximate surface area is 377 Å². The maximum absolute atomic E-state index is 12.7. The van der Waals surface area contributed by atoms with E-state index < -0.39 is 0 Å². The fourth-order valence-electron chi connectivity index (χ4n) is 8.42. The molecule has 0 unspecified atom stereocenters. The Bertz CT molecular complexity index is 4030. The zero-order valence-corrected chi connectivity index (χ0v) is 37.3. The second-order valence-corrected chi connectivity index (χ2v) is 16.9. The number of H-pyrrole nitrogens is 3. The first-order chi connectivity index (χ1) is 31.9. The molecule has 0 saturated carbocycles. The number of rotatable bonds is 3. The molecule has 6 heterocycles. The molecule has 0 amide bonds. The van der Waals surface area contributed by atoms with Gasteiger partial charge in [-0.25, -0.2) is 14.0 Å². The maximum Gasteiger partial charge on any atom is 0.280 e. The topological polar surface area (TPSA) is 152 Å². The molecule has 0 aliphatic carbocycles. The highest BCUT2D eigenvalue weighted by molar-refractivity contribution is 6.05. The van der Waals surface area contributed by atoms with Crippen molar-refractivity contribution in [2.75, 3.05) is 0 Å². The first-order valence-corrected chi connectivity index (χ1v) is 21.6. The number of para-hydroxylation sites is 1. The molecule has 0 atom stereocenters. The second kappa shape index (κ2) is 16.5. The highest BCUT2D eigenvalue weighted by atomic mass is 16.1. The Morgan fingerprint density at radius 2 is 0.773 bits per heavy atom. The predicted octanol–water partition coefficient (Wildman–Crippen LogP) is 10.5. The van der Waals surface area contributed by atoms with Crippen LogP contribution in [0.3, 0.4) is 0 Å². The summed E-state index contributed by atoms with van der Waals surface area (Å²) in [6.45, 7) is 12.1. The first-order valence-electron chi connectivity index (χ1n) is 21.6. The van der Waals surface area contributed by atoms with Gasteiger partial charge in [0.2, 0.25) is 0 Å². The Hall–Kier alpha value is -8.64. The summed E-state index contributed by atoms with van der Waals surface area (Å²) in [4.78, 5) is 51.2. The van der Waals surface area contributed by atoms with Crippen molar-refractivity contribution >= 4 is 65.4 Å². The van der Waals surface area contributed by atoms with Crippen LogP contribution in [0.1, 0.15) is 33.4 Å². The van der Waals surface area contributed by atoms with Crippen molar-refractivity contribution in [1.29, 1.82) is 0 Å². The molecular weight excluding hydrogens is 823 g/mol. The molecule has 324 valence electrons. The standard InChI is InChI=1S/3C18H15N3O/c1-11-3-6-13(7-4-11)21-18(22)15-10-19-16-8-5-12(2)9-14(16)17(15)20-21;1-11-4-3-5-13(8-11)21-18(22)15-10-19-16-7-6-12(2)9-14(16)17(15)20-21;1-11-7-8-15-13(9-11)17-14(10-19-15)18(22)21(20-17)16-6-4-3-5-12(16)2/h3*3-10,20H,1-2H3. The summed E-state index contributed by atoms with van der Waals surface area (Å²) < 4.78 is 4.76. The molecule has 0 aliphatic rings. The Balaban J connectivity index is 0.000000116. The van der Waals surface area contributed by atoms with Gasteiger partial charge in [0, 0.05) is 34.7 Å². The Kier molecular flexibility index (Phi) is 10.3. The minimum absolute atomic E-state index is 0.0693. The van der Waals surface area contributed by atoms with Gasteiger partial charge in [0.1, 0.15) is 0 Å². The Morgan fingerprint density at radius 3 is 1.24 bits per heavy atom. The van der Waals surface area contributed by atoms with Crippen molar-refractivity contribution in [2.24, 2.45) is 0 Å². The van der Waals surface area contributed by atoms with Crippen LogP contribution in [0, 0.1) is 41.5 Å². The van der Waals surface area contributed by atoms with Crippen LogP contribution in [-0.4, -0.2) is 44.3 Å². The van der Waals surface area contributed by atoms with Crippen molar-refractivity contribution < 1.29 is 0 Å². The molecule has 0 saturated heterocycles. The van der Waals surface area contributed by atoms with Crippen molar-refractivity contribution in [3.8, 4) is 17.1 Å². The Morgan fingerprint density at radius 1 is 0.364 bits per heavy atom. The van der Waals surface area contributed by atoms with E-state index in [1.165, 1.54) is 0 Å². The summed E-state index contributed by atoms with van der Waals surface area (Å²) in [5.41, 5.74) is 14.2. The summed E-state index contributed by atoms with van der Waals surface area (Å²) in [5, 5.41) is 14.5. The number of hydrogen-bond donors (Lipinski definition) is 3. The smallest absolute Gasteiger partial charge is 0.280 e. The summed E-state index contributed by atoms with van der Waals surface area (Å²) in [6.07, 6.45) is 4.95. The first kappa shape index (κ1) is 41.4. The minimum Gasteiger partial charge on any atom is -0.290 e. The zero-order valence-electron chi connectivity index (χ0n) is 37.3. The van der Waals surface area contributed by atoms with Crippen molar-refractivity contribution in [1.82, 2.24) is 44.3 Å². The third-order valence-electron chi connectivity index (χ3n) is 12.0. The number of aromatic nitrogens is 9. The van der Waals surface area contributed by atoms with Gasteiger partial charge in [-0.05, 0) is 119 Å². The quantitative estimate of drug-likeness (QED) is 0.161. The molecule has 12 heteroatoms. The summed E-state index contributed by atoms with van der Waals surface area (Å²) in [7, 11) is 0. The molecule has 3 N–H and O–H groups in total. The molecule has 12 aromatic rings. The molecule has 0 bridgehead atoms.